The molecule has 0 aliphatic rings. The minimum Gasteiger partial charge on any atom is -0.496 e. The minimum absolute atomic E-state index is 0.429. The summed E-state index contributed by atoms with van der Waals surface area (Å²) < 4.78 is 10.7. The van der Waals surface area contributed by atoms with Gasteiger partial charge in [-0.3, -0.25) is 0 Å². The first-order chi connectivity index (χ1) is 9.33. The van der Waals surface area contributed by atoms with Crippen LogP contribution in [0, 0.1) is 0 Å². The van der Waals surface area contributed by atoms with Gasteiger partial charge >= 0.3 is 6.01 Å². The smallest absolute Gasteiger partial charge is 0.315 e. The molecule has 0 fully saturated rings. The van der Waals surface area contributed by atoms with Gasteiger partial charge in [-0.05, 0) is 18.1 Å². The van der Waals surface area contributed by atoms with E-state index in [1.165, 1.54) is 0 Å². The van der Waals surface area contributed by atoms with Gasteiger partial charge in [-0.15, -0.1) is 5.10 Å². The lowest BCUT2D eigenvalue weighted by molar-refractivity contribution is 0.410. The SMILES string of the molecule is COc1ccccc1CCNc1nnc(CCN)o1. The molecule has 2 aromatic rings. The number of ether oxygens (including phenoxy) is 1. The average Bonchev–Trinajstić information content (AvgIpc) is 2.87. The Labute approximate surface area is 112 Å². The fraction of sp³-hybridized carbons (Fsp3) is 0.385. The van der Waals surface area contributed by atoms with Gasteiger partial charge in [-0.25, -0.2) is 0 Å². The molecule has 0 bridgehead atoms. The molecule has 0 saturated heterocycles. The molecular weight excluding hydrogens is 244 g/mol. The molecule has 0 spiro atoms. The molecule has 0 aliphatic heterocycles. The maximum absolute atomic E-state index is 5.42. The van der Waals surface area contributed by atoms with Crippen molar-refractivity contribution in [3.05, 3.63) is 35.7 Å². The number of para-hydroxylation sites is 1. The molecule has 102 valence electrons. The quantitative estimate of drug-likeness (QED) is 0.780. The van der Waals surface area contributed by atoms with E-state index in [0.717, 1.165) is 17.7 Å². The molecule has 0 amide bonds. The molecule has 19 heavy (non-hydrogen) atoms. The monoisotopic (exact) mass is 262 g/mol. The first-order valence-corrected chi connectivity index (χ1v) is 6.21. The Morgan fingerprint density at radius 1 is 1.26 bits per heavy atom. The zero-order valence-electron chi connectivity index (χ0n) is 10.9. The van der Waals surface area contributed by atoms with Crippen LogP contribution in [-0.2, 0) is 12.8 Å². The summed E-state index contributed by atoms with van der Waals surface area (Å²) in [7, 11) is 1.67. The Balaban J connectivity index is 1.85. The summed E-state index contributed by atoms with van der Waals surface area (Å²) in [6.07, 6.45) is 1.42. The maximum Gasteiger partial charge on any atom is 0.315 e. The zero-order chi connectivity index (χ0) is 13.5. The maximum atomic E-state index is 5.42. The van der Waals surface area contributed by atoms with Crippen molar-refractivity contribution >= 4 is 6.01 Å². The van der Waals surface area contributed by atoms with Crippen molar-refractivity contribution in [2.45, 2.75) is 12.8 Å². The third kappa shape index (κ3) is 3.69. The second-order valence-electron chi connectivity index (χ2n) is 4.03. The van der Waals surface area contributed by atoms with Gasteiger partial charge < -0.3 is 20.2 Å². The number of hydrogen-bond donors (Lipinski definition) is 2. The lowest BCUT2D eigenvalue weighted by Gasteiger charge is -2.07. The van der Waals surface area contributed by atoms with Gasteiger partial charge in [0.2, 0.25) is 5.89 Å². The van der Waals surface area contributed by atoms with Crippen LogP contribution in [0.5, 0.6) is 5.75 Å². The lowest BCUT2D eigenvalue weighted by Crippen LogP contribution is -2.06. The number of nitrogens with two attached hydrogens (primary N) is 1. The molecular formula is C13H18N4O2. The Bertz CT molecular complexity index is 513. The number of anilines is 1. The van der Waals surface area contributed by atoms with E-state index in [1.807, 2.05) is 24.3 Å². The van der Waals surface area contributed by atoms with Crippen molar-refractivity contribution in [2.75, 3.05) is 25.5 Å². The topological polar surface area (TPSA) is 86.2 Å². The molecule has 0 atom stereocenters. The van der Waals surface area contributed by atoms with Crippen LogP contribution in [0.1, 0.15) is 11.5 Å². The molecule has 1 aromatic heterocycles. The van der Waals surface area contributed by atoms with Gasteiger partial charge in [0.15, 0.2) is 0 Å². The van der Waals surface area contributed by atoms with Crippen LogP contribution >= 0.6 is 0 Å². The summed E-state index contributed by atoms with van der Waals surface area (Å²) in [5.41, 5.74) is 6.55. The van der Waals surface area contributed by atoms with E-state index in [9.17, 15) is 0 Å². The van der Waals surface area contributed by atoms with Gasteiger partial charge in [0, 0.05) is 19.5 Å². The number of methoxy groups -OCH3 is 1. The number of hydrogen-bond acceptors (Lipinski definition) is 6. The molecule has 6 nitrogen and oxygen atoms in total. The van der Waals surface area contributed by atoms with E-state index < -0.39 is 0 Å². The largest absolute Gasteiger partial charge is 0.496 e. The molecule has 1 heterocycles. The second-order valence-corrected chi connectivity index (χ2v) is 4.03. The minimum atomic E-state index is 0.429. The highest BCUT2D eigenvalue weighted by Gasteiger charge is 2.05. The van der Waals surface area contributed by atoms with Gasteiger partial charge in [0.05, 0.1) is 7.11 Å². The molecule has 0 radical (unpaired) electrons. The summed E-state index contributed by atoms with van der Waals surface area (Å²) in [5.74, 6) is 1.45. The van der Waals surface area contributed by atoms with Crippen LogP contribution < -0.4 is 15.8 Å². The van der Waals surface area contributed by atoms with Crippen LogP contribution in [0.25, 0.3) is 0 Å². The van der Waals surface area contributed by atoms with Crippen molar-refractivity contribution in [1.82, 2.24) is 10.2 Å². The number of nitrogens with zero attached hydrogens (tertiary/aromatic N) is 2. The fourth-order valence-electron chi connectivity index (χ4n) is 1.76. The standard InChI is InChI=1S/C13H18N4O2/c1-18-11-5-3-2-4-10(11)7-9-15-13-17-16-12(19-13)6-8-14/h2-5H,6-9,14H2,1H3,(H,15,17). The van der Waals surface area contributed by atoms with E-state index in [0.29, 0.717) is 31.4 Å². The van der Waals surface area contributed by atoms with Crippen molar-refractivity contribution in [3.63, 3.8) is 0 Å². The van der Waals surface area contributed by atoms with E-state index in [2.05, 4.69) is 15.5 Å². The Hall–Kier alpha value is -2.08. The summed E-state index contributed by atoms with van der Waals surface area (Å²) in [6.45, 7) is 1.20. The normalized spacial score (nSPS) is 10.4. The predicted octanol–water partition coefficient (Wildman–Crippen LogP) is 1.23. The van der Waals surface area contributed by atoms with Crippen LogP contribution in [0.4, 0.5) is 6.01 Å². The summed E-state index contributed by atoms with van der Waals surface area (Å²) >= 11 is 0. The predicted molar refractivity (Wildman–Crippen MR) is 72.2 cm³/mol. The van der Waals surface area contributed by atoms with Crippen LogP contribution in [0.15, 0.2) is 28.7 Å². The third-order valence-corrected chi connectivity index (χ3v) is 2.69. The van der Waals surface area contributed by atoms with Crippen LogP contribution in [0.3, 0.4) is 0 Å². The van der Waals surface area contributed by atoms with Gasteiger partial charge in [-0.1, -0.05) is 23.3 Å². The Morgan fingerprint density at radius 3 is 2.89 bits per heavy atom. The molecule has 0 saturated carbocycles. The number of nitrogens with one attached hydrogen (secondary N) is 1. The summed E-state index contributed by atoms with van der Waals surface area (Å²) in [4.78, 5) is 0. The zero-order valence-corrected chi connectivity index (χ0v) is 10.9. The molecule has 2 rings (SSSR count). The van der Waals surface area contributed by atoms with Gasteiger partial charge in [-0.2, -0.15) is 0 Å². The van der Waals surface area contributed by atoms with E-state index in [-0.39, 0.29) is 0 Å². The molecule has 0 unspecified atom stereocenters. The van der Waals surface area contributed by atoms with Crippen LogP contribution in [-0.4, -0.2) is 30.4 Å². The molecule has 6 heteroatoms. The summed E-state index contributed by atoms with van der Waals surface area (Å²) in [5, 5.41) is 10.9. The Morgan fingerprint density at radius 2 is 2.11 bits per heavy atom. The van der Waals surface area contributed by atoms with Crippen LogP contribution in [0.2, 0.25) is 0 Å². The molecule has 0 aliphatic carbocycles. The molecule has 1 aromatic carbocycles. The third-order valence-electron chi connectivity index (χ3n) is 2.69. The fourth-order valence-corrected chi connectivity index (χ4v) is 1.76. The average molecular weight is 262 g/mol. The number of aromatic nitrogens is 2. The second kappa shape index (κ2) is 6.75. The van der Waals surface area contributed by atoms with Crippen molar-refractivity contribution in [3.8, 4) is 5.75 Å². The highest BCUT2D eigenvalue weighted by Crippen LogP contribution is 2.17. The van der Waals surface area contributed by atoms with Gasteiger partial charge in [0.25, 0.3) is 0 Å². The van der Waals surface area contributed by atoms with Gasteiger partial charge in [0.1, 0.15) is 5.75 Å². The first kappa shape index (κ1) is 13.4. The Kier molecular flexibility index (Phi) is 4.74. The van der Waals surface area contributed by atoms with Crippen molar-refractivity contribution in [1.29, 1.82) is 0 Å². The number of benzene rings is 1. The van der Waals surface area contributed by atoms with E-state index in [1.54, 1.807) is 7.11 Å². The molecule has 3 N–H and O–H groups in total. The first-order valence-electron chi connectivity index (χ1n) is 6.21. The van der Waals surface area contributed by atoms with E-state index >= 15 is 0 Å². The van der Waals surface area contributed by atoms with E-state index in [4.69, 9.17) is 14.9 Å². The lowest BCUT2D eigenvalue weighted by atomic mass is 10.1. The highest BCUT2D eigenvalue weighted by molar-refractivity contribution is 5.34. The van der Waals surface area contributed by atoms with Crippen molar-refractivity contribution < 1.29 is 9.15 Å². The summed E-state index contributed by atoms with van der Waals surface area (Å²) in [6, 6.07) is 8.35. The van der Waals surface area contributed by atoms with Crippen molar-refractivity contribution in [2.24, 2.45) is 5.73 Å². The highest BCUT2D eigenvalue weighted by atomic mass is 16.5. The number of rotatable bonds is 7.